The van der Waals surface area contributed by atoms with Crippen molar-refractivity contribution in [3.63, 3.8) is 0 Å². The highest BCUT2D eigenvalue weighted by Crippen LogP contribution is 2.55. The molecule has 3 aliphatic rings. The maximum absolute atomic E-state index is 12.8. The van der Waals surface area contributed by atoms with Crippen molar-refractivity contribution in [1.82, 2.24) is 20.1 Å². The number of aromatic nitrogens is 3. The molecule has 1 amide bonds. The summed E-state index contributed by atoms with van der Waals surface area (Å²) in [4.78, 5) is 17.4. The van der Waals surface area contributed by atoms with Gasteiger partial charge < -0.3 is 14.5 Å². The average molecular weight is 447 g/mol. The Morgan fingerprint density at radius 3 is 2.85 bits per heavy atom. The van der Waals surface area contributed by atoms with Crippen molar-refractivity contribution in [3.05, 3.63) is 58.4 Å². The van der Waals surface area contributed by atoms with Gasteiger partial charge in [0, 0.05) is 48.0 Å². The Bertz CT molecular complexity index is 1200. The van der Waals surface area contributed by atoms with Gasteiger partial charge in [-0.15, -0.1) is 0 Å². The predicted molar refractivity (Wildman–Crippen MR) is 123 cm³/mol. The van der Waals surface area contributed by atoms with Crippen LogP contribution in [0, 0.1) is 13.8 Å². The first-order chi connectivity index (χ1) is 16.0. The molecule has 3 aromatic heterocycles. The first-order valence-electron chi connectivity index (χ1n) is 12.0. The van der Waals surface area contributed by atoms with Crippen LogP contribution in [-0.2, 0) is 23.1 Å². The number of pyridine rings is 1. The summed E-state index contributed by atoms with van der Waals surface area (Å²) < 4.78 is 13.8. The van der Waals surface area contributed by atoms with Crippen molar-refractivity contribution in [2.24, 2.45) is 0 Å². The van der Waals surface area contributed by atoms with Gasteiger partial charge in [0.1, 0.15) is 5.76 Å². The lowest BCUT2D eigenvalue weighted by molar-refractivity contribution is 0.0832. The molecule has 0 radical (unpaired) electrons. The zero-order valence-corrected chi connectivity index (χ0v) is 19.3. The first-order valence-corrected chi connectivity index (χ1v) is 12.0. The lowest BCUT2D eigenvalue weighted by atomic mass is 9.59. The molecule has 0 unspecified atom stereocenters. The number of aryl methyl sites for hydroxylation is 1. The van der Waals surface area contributed by atoms with Crippen molar-refractivity contribution >= 4 is 5.91 Å². The van der Waals surface area contributed by atoms with E-state index >= 15 is 0 Å². The van der Waals surface area contributed by atoms with E-state index < -0.39 is 0 Å². The molecule has 0 aromatic carbocycles. The van der Waals surface area contributed by atoms with E-state index in [4.69, 9.17) is 14.3 Å². The number of furan rings is 1. The minimum atomic E-state index is -0.177. The molecule has 1 saturated carbocycles. The Hall–Kier alpha value is -2.93. The normalized spacial score (nSPS) is 20.4. The summed E-state index contributed by atoms with van der Waals surface area (Å²) in [7, 11) is 0. The molecule has 172 valence electrons. The highest BCUT2D eigenvalue weighted by atomic mass is 16.5. The minimum Gasteiger partial charge on any atom is -0.455 e. The zero-order valence-electron chi connectivity index (χ0n) is 19.3. The van der Waals surface area contributed by atoms with E-state index in [0.717, 1.165) is 67.0 Å². The number of hydrogen-bond acceptors (Lipinski definition) is 5. The van der Waals surface area contributed by atoms with Gasteiger partial charge >= 0.3 is 0 Å². The Kier molecular flexibility index (Phi) is 4.91. The molecular formula is C26H30N4O3. The van der Waals surface area contributed by atoms with E-state index in [9.17, 15) is 4.79 Å². The maximum Gasteiger partial charge on any atom is 0.287 e. The largest absolute Gasteiger partial charge is 0.455 e. The smallest absolute Gasteiger partial charge is 0.287 e. The van der Waals surface area contributed by atoms with Gasteiger partial charge in [-0.3, -0.25) is 14.5 Å². The molecule has 7 nitrogen and oxygen atoms in total. The number of nitrogens with zero attached hydrogens (tertiary/aromatic N) is 3. The Morgan fingerprint density at radius 1 is 1.27 bits per heavy atom. The molecule has 3 aromatic rings. The van der Waals surface area contributed by atoms with Crippen molar-refractivity contribution in [3.8, 4) is 11.3 Å². The van der Waals surface area contributed by atoms with Crippen LogP contribution in [-0.4, -0.2) is 39.9 Å². The Morgan fingerprint density at radius 2 is 2.15 bits per heavy atom. The van der Waals surface area contributed by atoms with E-state index in [-0.39, 0.29) is 17.4 Å². The lowest BCUT2D eigenvalue weighted by Crippen LogP contribution is -2.39. The molecule has 1 N–H and O–H groups in total. The number of amides is 1. The van der Waals surface area contributed by atoms with Gasteiger partial charge in [-0.05, 0) is 57.2 Å². The first kappa shape index (κ1) is 20.7. The average Bonchev–Trinajstić information content (AvgIpc) is 3.52. The Balaban J connectivity index is 1.32. The fraction of sp³-hybridized carbons (Fsp3) is 0.500. The second-order valence-electron chi connectivity index (χ2n) is 9.90. The molecule has 1 spiro atoms. The van der Waals surface area contributed by atoms with Crippen LogP contribution in [0.25, 0.3) is 11.3 Å². The summed E-state index contributed by atoms with van der Waals surface area (Å²) >= 11 is 0. The van der Waals surface area contributed by atoms with Gasteiger partial charge in [0.05, 0.1) is 24.0 Å². The van der Waals surface area contributed by atoms with Crippen molar-refractivity contribution in [2.75, 3.05) is 13.2 Å². The van der Waals surface area contributed by atoms with Crippen LogP contribution in [0.4, 0.5) is 0 Å². The summed E-state index contributed by atoms with van der Waals surface area (Å²) in [5.41, 5.74) is 6.69. The Labute approximate surface area is 193 Å². The zero-order chi connectivity index (χ0) is 22.6. The van der Waals surface area contributed by atoms with E-state index in [1.54, 1.807) is 0 Å². The number of carbonyl (C=O) groups excluding carboxylic acids is 1. The van der Waals surface area contributed by atoms with Crippen molar-refractivity contribution in [2.45, 2.75) is 70.4 Å². The second-order valence-corrected chi connectivity index (χ2v) is 9.90. The third-order valence-electron chi connectivity index (χ3n) is 7.63. The van der Waals surface area contributed by atoms with E-state index in [0.29, 0.717) is 18.8 Å². The SMILES string of the molecule is Cc1ccc(Cn2nc3c(c2C)C2(CCC2)Cc2oc(C(=O)NC[C@@H]4CCCO4)cc2-3)nc1. The summed E-state index contributed by atoms with van der Waals surface area (Å²) in [6.45, 7) is 6.15. The quantitative estimate of drug-likeness (QED) is 0.638. The van der Waals surface area contributed by atoms with E-state index in [1.807, 2.05) is 19.2 Å². The second kappa shape index (κ2) is 7.83. The summed E-state index contributed by atoms with van der Waals surface area (Å²) in [6.07, 6.45) is 8.38. The van der Waals surface area contributed by atoms with Crippen molar-refractivity contribution in [1.29, 1.82) is 0 Å². The number of hydrogen-bond donors (Lipinski definition) is 1. The fourth-order valence-corrected chi connectivity index (χ4v) is 5.67. The van der Waals surface area contributed by atoms with Crippen LogP contribution >= 0.6 is 0 Å². The maximum atomic E-state index is 12.8. The summed E-state index contributed by atoms with van der Waals surface area (Å²) in [6, 6.07) is 6.03. The minimum absolute atomic E-state index is 0.0780. The van der Waals surface area contributed by atoms with E-state index in [1.165, 1.54) is 17.7 Å². The molecule has 1 atom stereocenters. The molecule has 33 heavy (non-hydrogen) atoms. The summed E-state index contributed by atoms with van der Waals surface area (Å²) in [5, 5.41) is 8.02. The van der Waals surface area contributed by atoms with Crippen LogP contribution < -0.4 is 5.32 Å². The molecule has 0 bridgehead atoms. The van der Waals surface area contributed by atoms with Gasteiger partial charge in [0.25, 0.3) is 5.91 Å². The number of rotatable bonds is 5. The number of fused-ring (bicyclic) bond motifs is 4. The molecular weight excluding hydrogens is 416 g/mol. The highest BCUT2D eigenvalue weighted by molar-refractivity contribution is 5.93. The van der Waals surface area contributed by atoms with Gasteiger partial charge in [0.15, 0.2) is 5.76 Å². The fourth-order valence-electron chi connectivity index (χ4n) is 5.67. The van der Waals surface area contributed by atoms with Crippen LogP contribution in [0.3, 0.4) is 0 Å². The van der Waals surface area contributed by atoms with Crippen LogP contribution in [0.15, 0.2) is 28.8 Å². The summed E-state index contributed by atoms with van der Waals surface area (Å²) in [5.74, 6) is 1.08. The third kappa shape index (κ3) is 3.50. The highest BCUT2D eigenvalue weighted by Gasteiger charge is 2.48. The molecule has 2 aliphatic carbocycles. The molecule has 7 heteroatoms. The predicted octanol–water partition coefficient (Wildman–Crippen LogP) is 4.09. The molecule has 1 saturated heterocycles. The molecule has 6 rings (SSSR count). The van der Waals surface area contributed by atoms with E-state index in [2.05, 4.69) is 34.0 Å². The van der Waals surface area contributed by atoms with Crippen LogP contribution in [0.2, 0.25) is 0 Å². The molecule has 2 fully saturated rings. The van der Waals surface area contributed by atoms with Crippen LogP contribution in [0.5, 0.6) is 0 Å². The van der Waals surface area contributed by atoms with Gasteiger partial charge in [-0.25, -0.2) is 0 Å². The van der Waals surface area contributed by atoms with Gasteiger partial charge in [0.2, 0.25) is 0 Å². The van der Waals surface area contributed by atoms with Gasteiger partial charge in [-0.1, -0.05) is 12.5 Å². The van der Waals surface area contributed by atoms with Crippen molar-refractivity contribution < 1.29 is 13.9 Å². The number of ether oxygens (including phenoxy) is 1. The third-order valence-corrected chi connectivity index (χ3v) is 7.63. The number of carbonyl (C=O) groups is 1. The molecule has 4 heterocycles. The molecule has 1 aliphatic heterocycles. The van der Waals surface area contributed by atoms with Crippen LogP contribution in [0.1, 0.15) is 70.9 Å². The monoisotopic (exact) mass is 446 g/mol. The lowest BCUT2D eigenvalue weighted by Gasteiger charge is -2.44. The topological polar surface area (TPSA) is 82.2 Å². The standard InChI is InChI=1S/C26H30N4O3/c1-16-6-7-18(27-13-16)15-30-17(2)23-24(29-30)20-11-21(25(31)28-14-19-5-3-10-32-19)33-22(20)12-26(23)8-4-9-26/h6-7,11,13,19H,3-5,8-10,12,14-15H2,1-2H3,(H,28,31)/t19-/m0/s1. The van der Waals surface area contributed by atoms with Gasteiger partial charge in [-0.2, -0.15) is 5.10 Å². The number of nitrogens with one attached hydrogen (secondary N) is 1.